The molecule has 0 bridgehead atoms. The molecule has 6 nitrogen and oxygen atoms in total. The van der Waals surface area contributed by atoms with Gasteiger partial charge in [0, 0.05) is 24.4 Å². The molecule has 0 radical (unpaired) electrons. The predicted molar refractivity (Wildman–Crippen MR) is 101 cm³/mol. The smallest absolute Gasteiger partial charge is 0.416 e. The van der Waals surface area contributed by atoms with E-state index in [0.29, 0.717) is 24.9 Å². The molecule has 1 amide bonds. The van der Waals surface area contributed by atoms with Crippen LogP contribution < -0.4 is 10.0 Å². The number of rotatable bonds is 6. The minimum Gasteiger partial charge on any atom is -0.431 e. The second-order valence-electron chi connectivity index (χ2n) is 6.75. The number of piperidine rings is 1. The number of halogens is 5. The number of nitrogens with zero attached hydrogens (tertiary/aromatic N) is 2. The summed E-state index contributed by atoms with van der Waals surface area (Å²) in [7, 11) is 0. The van der Waals surface area contributed by atoms with Crippen LogP contribution in [-0.4, -0.2) is 34.2 Å². The second-order valence-corrected chi connectivity index (χ2v) is 7.61. The Bertz CT molecular complexity index is 890. The van der Waals surface area contributed by atoms with E-state index in [-0.39, 0.29) is 17.4 Å². The van der Waals surface area contributed by atoms with E-state index in [1.807, 2.05) is 0 Å². The summed E-state index contributed by atoms with van der Waals surface area (Å²) >= 11 is 0.784. The van der Waals surface area contributed by atoms with Gasteiger partial charge in [0.05, 0.1) is 11.6 Å². The summed E-state index contributed by atoms with van der Waals surface area (Å²) in [5.74, 6) is -0.670. The van der Waals surface area contributed by atoms with Gasteiger partial charge in [0.25, 0.3) is 18.3 Å². The molecule has 164 valence electrons. The molecule has 1 atom stereocenters. The fourth-order valence-electron chi connectivity index (χ4n) is 2.93. The Balaban J connectivity index is 1.63. The topological polar surface area (TPSA) is 70.4 Å². The van der Waals surface area contributed by atoms with E-state index in [1.165, 1.54) is 10.4 Å². The van der Waals surface area contributed by atoms with Crippen molar-refractivity contribution in [1.29, 1.82) is 0 Å². The van der Waals surface area contributed by atoms with Gasteiger partial charge in [-0.3, -0.25) is 9.52 Å². The van der Waals surface area contributed by atoms with Crippen molar-refractivity contribution < 1.29 is 31.2 Å². The van der Waals surface area contributed by atoms with Crippen molar-refractivity contribution in [3.8, 4) is 0 Å². The lowest BCUT2D eigenvalue weighted by molar-refractivity contribution is -0.137. The number of nitrogens with one attached hydrogen (secondary N) is 2. The summed E-state index contributed by atoms with van der Waals surface area (Å²) in [4.78, 5) is 16.1. The minimum absolute atomic E-state index is 0.126. The van der Waals surface area contributed by atoms with Gasteiger partial charge in [0.1, 0.15) is 6.26 Å². The third kappa shape index (κ3) is 5.42. The molecule has 1 aromatic heterocycles. The van der Waals surface area contributed by atoms with Crippen LogP contribution in [0.2, 0.25) is 0 Å². The number of carbonyl (C=O) groups excluding carboxylic acids is 1. The quantitative estimate of drug-likeness (QED) is 0.468. The molecule has 2 aromatic rings. The Morgan fingerprint density at radius 2 is 2.10 bits per heavy atom. The van der Waals surface area contributed by atoms with Crippen molar-refractivity contribution in [1.82, 2.24) is 14.0 Å². The summed E-state index contributed by atoms with van der Waals surface area (Å²) in [6.45, 7) is 2.02. The molecular weight excluding hydrogens is 431 g/mol. The van der Waals surface area contributed by atoms with Crippen molar-refractivity contribution in [3.05, 3.63) is 41.3 Å². The third-order valence-corrected chi connectivity index (χ3v) is 5.55. The predicted octanol–water partition coefficient (Wildman–Crippen LogP) is 5.16. The molecule has 1 fully saturated rings. The molecule has 12 heteroatoms. The van der Waals surface area contributed by atoms with Gasteiger partial charge in [0.2, 0.25) is 0 Å². The lowest BCUT2D eigenvalue weighted by Gasteiger charge is -2.33. The fraction of sp³-hybridized carbons (Fsp3) is 0.444. The first-order valence-electron chi connectivity index (χ1n) is 9.07. The molecule has 2 heterocycles. The second kappa shape index (κ2) is 9.21. The first kappa shape index (κ1) is 22.3. The Labute approximate surface area is 173 Å². The first-order valence-corrected chi connectivity index (χ1v) is 9.85. The van der Waals surface area contributed by atoms with Gasteiger partial charge in [-0.1, -0.05) is 12.5 Å². The monoisotopic (exact) mass is 450 g/mol. The number of hydrogen-bond donors (Lipinski definition) is 2. The molecule has 1 unspecified atom stereocenters. The van der Waals surface area contributed by atoms with Crippen LogP contribution in [0.25, 0.3) is 0 Å². The van der Waals surface area contributed by atoms with E-state index < -0.39 is 30.1 Å². The van der Waals surface area contributed by atoms with Crippen LogP contribution >= 0.6 is 12.1 Å². The summed E-state index contributed by atoms with van der Waals surface area (Å²) in [5.41, 5.74) is -0.334. The lowest BCUT2D eigenvalue weighted by atomic mass is 10.1. The number of carbonyl (C=O) groups is 1. The highest BCUT2D eigenvalue weighted by Gasteiger charge is 2.32. The number of benzene rings is 1. The van der Waals surface area contributed by atoms with Crippen molar-refractivity contribution in [2.24, 2.45) is 0 Å². The van der Waals surface area contributed by atoms with Gasteiger partial charge >= 0.3 is 6.18 Å². The van der Waals surface area contributed by atoms with Crippen molar-refractivity contribution >= 4 is 29.7 Å². The van der Waals surface area contributed by atoms with Crippen LogP contribution in [0.15, 0.2) is 28.9 Å². The van der Waals surface area contributed by atoms with E-state index in [1.54, 1.807) is 6.92 Å². The van der Waals surface area contributed by atoms with Crippen molar-refractivity contribution in [2.45, 2.75) is 44.8 Å². The summed E-state index contributed by atoms with van der Waals surface area (Å²) in [5, 5.41) is 2.61. The van der Waals surface area contributed by atoms with Crippen LogP contribution in [-0.2, 0) is 6.18 Å². The molecule has 1 aromatic carbocycles. The van der Waals surface area contributed by atoms with Crippen molar-refractivity contribution in [3.63, 3.8) is 0 Å². The van der Waals surface area contributed by atoms with Crippen molar-refractivity contribution in [2.75, 3.05) is 11.9 Å². The molecular formula is C18H19F5N4O2S. The lowest BCUT2D eigenvalue weighted by Crippen LogP contribution is -2.41. The largest absolute Gasteiger partial charge is 0.431 e. The van der Waals surface area contributed by atoms with Crippen LogP contribution in [0.3, 0.4) is 0 Å². The van der Waals surface area contributed by atoms with Gasteiger partial charge in [-0.15, -0.1) is 0 Å². The maximum atomic E-state index is 13.1. The molecule has 30 heavy (non-hydrogen) atoms. The summed E-state index contributed by atoms with van der Waals surface area (Å²) in [6, 6.07) is 2.06. The van der Waals surface area contributed by atoms with Crippen LogP contribution in [0.1, 0.15) is 40.9 Å². The Kier molecular flexibility index (Phi) is 6.86. The van der Waals surface area contributed by atoms with Gasteiger partial charge in [0.15, 0.2) is 5.69 Å². The zero-order chi connectivity index (χ0) is 21.9. The molecule has 1 aliphatic rings. The number of alkyl halides is 5. The normalized spacial score (nSPS) is 17.9. The number of aromatic nitrogens is 1. The van der Waals surface area contributed by atoms with Gasteiger partial charge < -0.3 is 9.73 Å². The first-order chi connectivity index (χ1) is 14.1. The van der Waals surface area contributed by atoms with Crippen LogP contribution in [0, 0.1) is 6.92 Å². The summed E-state index contributed by atoms with van der Waals surface area (Å²) < 4.78 is 73.8. The maximum Gasteiger partial charge on any atom is 0.416 e. The standard InChI is InChI=1S/C18H19F5N4O2S/c1-10-5-6-11(18(21,22)23)8-12(10)24-17-25-13(9-29-17)16(28)26-30-27-7-3-2-4-14(27)15(19)20/h5-6,8-9,14-15H,2-4,7H2,1H3,(H,24,25)(H,26,28). The van der Waals surface area contributed by atoms with Crippen LogP contribution in [0.5, 0.6) is 0 Å². The molecule has 1 aliphatic heterocycles. The van der Waals surface area contributed by atoms with E-state index in [4.69, 9.17) is 4.42 Å². The Morgan fingerprint density at radius 3 is 2.80 bits per heavy atom. The Hall–Kier alpha value is -2.34. The average molecular weight is 450 g/mol. The van der Waals surface area contributed by atoms with E-state index in [9.17, 15) is 26.7 Å². The zero-order valence-corrected chi connectivity index (χ0v) is 16.6. The molecule has 0 spiro atoms. The van der Waals surface area contributed by atoms with E-state index in [2.05, 4.69) is 15.0 Å². The number of amides is 1. The van der Waals surface area contributed by atoms with Gasteiger partial charge in [-0.25, -0.2) is 13.1 Å². The zero-order valence-electron chi connectivity index (χ0n) is 15.8. The molecule has 3 rings (SSSR count). The molecule has 0 aliphatic carbocycles. The highest BCUT2D eigenvalue weighted by Crippen LogP contribution is 2.33. The maximum absolute atomic E-state index is 13.1. The van der Waals surface area contributed by atoms with Gasteiger partial charge in [-0.05, 0) is 37.5 Å². The minimum atomic E-state index is -4.51. The number of aryl methyl sites for hydroxylation is 1. The highest BCUT2D eigenvalue weighted by molar-refractivity contribution is 7.95. The average Bonchev–Trinajstić information content (AvgIpc) is 3.15. The fourth-order valence-corrected chi connectivity index (χ4v) is 3.79. The van der Waals surface area contributed by atoms with E-state index in [0.717, 1.165) is 37.0 Å². The highest BCUT2D eigenvalue weighted by atomic mass is 32.2. The molecule has 2 N–H and O–H groups in total. The van der Waals surface area contributed by atoms with Gasteiger partial charge in [-0.2, -0.15) is 18.2 Å². The molecule has 0 saturated carbocycles. The van der Waals surface area contributed by atoms with E-state index >= 15 is 0 Å². The number of anilines is 2. The third-order valence-electron chi connectivity index (χ3n) is 4.59. The Morgan fingerprint density at radius 1 is 1.33 bits per heavy atom. The number of oxazole rings is 1. The van der Waals surface area contributed by atoms with Crippen LogP contribution in [0.4, 0.5) is 33.7 Å². The summed E-state index contributed by atoms with van der Waals surface area (Å²) in [6.07, 6.45) is -4.20. The molecule has 1 saturated heterocycles. The SMILES string of the molecule is Cc1ccc(C(F)(F)F)cc1Nc1nc(C(=O)NSN2CCCCC2C(F)F)co1. The number of hydrogen-bond acceptors (Lipinski definition) is 6.